The summed E-state index contributed by atoms with van der Waals surface area (Å²) in [6.07, 6.45) is 7.51. The summed E-state index contributed by atoms with van der Waals surface area (Å²) in [5, 5.41) is 3.93. The van der Waals surface area contributed by atoms with Crippen LogP contribution in [0.2, 0.25) is 0 Å². The van der Waals surface area contributed by atoms with Crippen LogP contribution in [-0.2, 0) is 6.42 Å². The number of hydrogen-bond acceptors (Lipinski definition) is 2. The van der Waals surface area contributed by atoms with Crippen LogP contribution in [0.15, 0.2) is 42.5 Å². The lowest BCUT2D eigenvalue weighted by atomic mass is 9.75. The Morgan fingerprint density at radius 2 is 1.75 bits per heavy atom. The summed E-state index contributed by atoms with van der Waals surface area (Å²) in [6, 6.07) is 15.5. The third-order valence-corrected chi connectivity index (χ3v) is 6.48. The van der Waals surface area contributed by atoms with E-state index in [1.54, 1.807) is 6.07 Å². The average molecular weight is 399 g/mol. The van der Waals surface area contributed by atoms with Crippen molar-refractivity contribution in [3.8, 4) is 11.1 Å². The van der Waals surface area contributed by atoms with Crippen molar-refractivity contribution in [1.29, 1.82) is 0 Å². The van der Waals surface area contributed by atoms with Gasteiger partial charge in [-0.15, -0.1) is 12.4 Å². The first-order chi connectivity index (χ1) is 12.9. The average Bonchev–Trinajstić information content (AvgIpc) is 3.05. The van der Waals surface area contributed by atoms with Gasteiger partial charge >= 0.3 is 0 Å². The van der Waals surface area contributed by atoms with E-state index in [0.29, 0.717) is 23.1 Å². The molecule has 2 aliphatic rings. The van der Waals surface area contributed by atoms with Crippen molar-refractivity contribution in [1.82, 2.24) is 5.32 Å². The van der Waals surface area contributed by atoms with Crippen molar-refractivity contribution < 1.29 is 4.79 Å². The number of nitrogens with two attached hydrogens (primary N) is 1. The minimum Gasteiger partial charge on any atom is -0.366 e. The number of amides is 1. The normalized spacial score (nSPS) is 21.0. The van der Waals surface area contributed by atoms with Gasteiger partial charge in [-0.05, 0) is 78.3 Å². The van der Waals surface area contributed by atoms with Gasteiger partial charge in [-0.2, -0.15) is 0 Å². The standard InChI is InChI=1S/C24H30N2O.ClH/c1-24(2)12-10-20(11-13-24)26-22-9-7-18-14-17(6-8-21(18)22)16-4-3-5-19(15-16)23(25)27;/h3-6,8,14-15,20,22,26H,7,9-13H2,1-2H3,(H2,25,27);1H. The molecule has 0 heterocycles. The molecule has 2 aromatic rings. The number of benzene rings is 2. The number of nitrogens with one attached hydrogen (secondary N) is 1. The highest BCUT2D eigenvalue weighted by molar-refractivity contribution is 5.94. The van der Waals surface area contributed by atoms with Crippen LogP contribution in [0, 0.1) is 5.41 Å². The van der Waals surface area contributed by atoms with E-state index in [1.807, 2.05) is 18.2 Å². The molecule has 0 aromatic heterocycles. The monoisotopic (exact) mass is 398 g/mol. The predicted molar refractivity (Wildman–Crippen MR) is 118 cm³/mol. The van der Waals surface area contributed by atoms with Gasteiger partial charge in [0.05, 0.1) is 0 Å². The number of aryl methyl sites for hydroxylation is 1. The molecule has 2 aliphatic carbocycles. The molecular weight excluding hydrogens is 368 g/mol. The van der Waals surface area contributed by atoms with Crippen LogP contribution in [0.25, 0.3) is 11.1 Å². The Hall–Kier alpha value is -1.84. The molecule has 28 heavy (non-hydrogen) atoms. The molecule has 3 N–H and O–H groups in total. The molecule has 0 spiro atoms. The molecule has 1 saturated carbocycles. The first-order valence-electron chi connectivity index (χ1n) is 10.2. The van der Waals surface area contributed by atoms with Crippen molar-refractivity contribution >= 4 is 18.3 Å². The Morgan fingerprint density at radius 3 is 2.46 bits per heavy atom. The van der Waals surface area contributed by atoms with Crippen LogP contribution in [0.5, 0.6) is 0 Å². The van der Waals surface area contributed by atoms with Gasteiger partial charge in [0.2, 0.25) is 5.91 Å². The largest absolute Gasteiger partial charge is 0.366 e. The molecule has 0 radical (unpaired) electrons. The fraction of sp³-hybridized carbons (Fsp3) is 0.458. The molecular formula is C24H31ClN2O. The number of fused-ring (bicyclic) bond motifs is 1. The quantitative estimate of drug-likeness (QED) is 0.722. The first-order valence-corrected chi connectivity index (χ1v) is 10.2. The van der Waals surface area contributed by atoms with Gasteiger partial charge in [0.1, 0.15) is 0 Å². The maximum Gasteiger partial charge on any atom is 0.248 e. The Balaban J connectivity index is 0.00000225. The highest BCUT2D eigenvalue weighted by Crippen LogP contribution is 2.38. The van der Waals surface area contributed by atoms with E-state index in [-0.39, 0.29) is 18.3 Å². The van der Waals surface area contributed by atoms with E-state index in [1.165, 1.54) is 43.2 Å². The molecule has 2 aromatic carbocycles. The van der Waals surface area contributed by atoms with Gasteiger partial charge in [0.15, 0.2) is 0 Å². The molecule has 150 valence electrons. The van der Waals surface area contributed by atoms with Gasteiger partial charge < -0.3 is 11.1 Å². The van der Waals surface area contributed by atoms with Crippen LogP contribution >= 0.6 is 12.4 Å². The van der Waals surface area contributed by atoms with Crippen molar-refractivity contribution in [3.05, 3.63) is 59.2 Å². The van der Waals surface area contributed by atoms with Crippen LogP contribution in [-0.4, -0.2) is 11.9 Å². The van der Waals surface area contributed by atoms with Gasteiger partial charge in [-0.1, -0.05) is 44.2 Å². The summed E-state index contributed by atoms with van der Waals surface area (Å²) in [7, 11) is 0. The highest BCUT2D eigenvalue weighted by Gasteiger charge is 2.30. The number of hydrogen-bond donors (Lipinski definition) is 2. The maximum absolute atomic E-state index is 11.5. The van der Waals surface area contributed by atoms with Crippen molar-refractivity contribution in [2.45, 2.75) is 64.5 Å². The molecule has 0 aliphatic heterocycles. The van der Waals surface area contributed by atoms with E-state index in [9.17, 15) is 4.79 Å². The lowest BCUT2D eigenvalue weighted by molar-refractivity contribution is 0.100. The second-order valence-electron chi connectivity index (χ2n) is 9.06. The lowest BCUT2D eigenvalue weighted by Gasteiger charge is -2.36. The Bertz CT molecular complexity index is 851. The minimum absolute atomic E-state index is 0. The molecule has 4 heteroatoms. The Kier molecular flexibility index (Phi) is 6.16. The summed E-state index contributed by atoms with van der Waals surface area (Å²) in [4.78, 5) is 11.5. The van der Waals surface area contributed by atoms with E-state index in [4.69, 9.17) is 5.73 Å². The van der Waals surface area contributed by atoms with Gasteiger partial charge in [0, 0.05) is 17.6 Å². The first kappa shape index (κ1) is 20.9. The summed E-state index contributed by atoms with van der Waals surface area (Å²) >= 11 is 0. The molecule has 0 saturated heterocycles. The zero-order valence-corrected chi connectivity index (χ0v) is 17.6. The lowest BCUT2D eigenvalue weighted by Crippen LogP contribution is -2.37. The van der Waals surface area contributed by atoms with Crippen molar-refractivity contribution in [3.63, 3.8) is 0 Å². The van der Waals surface area contributed by atoms with E-state index in [0.717, 1.165) is 17.5 Å². The fourth-order valence-electron chi connectivity index (χ4n) is 4.67. The third kappa shape index (κ3) is 4.42. The van der Waals surface area contributed by atoms with Crippen LogP contribution in [0.4, 0.5) is 0 Å². The maximum atomic E-state index is 11.5. The van der Waals surface area contributed by atoms with Gasteiger partial charge in [-0.25, -0.2) is 0 Å². The van der Waals surface area contributed by atoms with Gasteiger partial charge in [-0.3, -0.25) is 4.79 Å². The van der Waals surface area contributed by atoms with E-state index >= 15 is 0 Å². The van der Waals surface area contributed by atoms with Crippen molar-refractivity contribution in [2.75, 3.05) is 0 Å². The molecule has 3 nitrogen and oxygen atoms in total. The molecule has 1 amide bonds. The second-order valence-corrected chi connectivity index (χ2v) is 9.06. The number of carbonyl (C=O) groups excluding carboxylic acids is 1. The van der Waals surface area contributed by atoms with Crippen LogP contribution < -0.4 is 11.1 Å². The number of carbonyl (C=O) groups is 1. The molecule has 1 fully saturated rings. The van der Waals surface area contributed by atoms with E-state index in [2.05, 4.69) is 37.4 Å². The topological polar surface area (TPSA) is 55.1 Å². The summed E-state index contributed by atoms with van der Waals surface area (Å²) in [5.74, 6) is -0.377. The smallest absolute Gasteiger partial charge is 0.248 e. The molecule has 1 atom stereocenters. The Labute approximate surface area is 174 Å². The zero-order chi connectivity index (χ0) is 19.0. The summed E-state index contributed by atoms with van der Waals surface area (Å²) in [6.45, 7) is 4.78. The zero-order valence-electron chi connectivity index (χ0n) is 16.8. The SMILES string of the molecule is CC1(C)CCC(NC2CCc3cc(-c4cccc(C(N)=O)c4)ccc32)CC1.Cl. The third-order valence-electron chi connectivity index (χ3n) is 6.48. The van der Waals surface area contributed by atoms with Crippen LogP contribution in [0.1, 0.15) is 73.5 Å². The molecule has 4 rings (SSSR count). The predicted octanol–water partition coefficient (Wildman–Crippen LogP) is 5.42. The summed E-state index contributed by atoms with van der Waals surface area (Å²) < 4.78 is 0. The molecule has 0 bridgehead atoms. The minimum atomic E-state index is -0.377. The van der Waals surface area contributed by atoms with Gasteiger partial charge in [0.25, 0.3) is 0 Å². The van der Waals surface area contributed by atoms with Crippen LogP contribution in [0.3, 0.4) is 0 Å². The highest BCUT2D eigenvalue weighted by atomic mass is 35.5. The number of rotatable bonds is 4. The fourth-order valence-corrected chi connectivity index (χ4v) is 4.67. The van der Waals surface area contributed by atoms with E-state index < -0.39 is 0 Å². The Morgan fingerprint density at radius 1 is 1.04 bits per heavy atom. The van der Waals surface area contributed by atoms with Crippen molar-refractivity contribution in [2.24, 2.45) is 11.1 Å². The molecule has 1 unspecified atom stereocenters. The number of halogens is 1. The second kappa shape index (κ2) is 8.26. The number of primary amides is 1. The summed E-state index contributed by atoms with van der Waals surface area (Å²) in [5.41, 5.74) is 11.6.